The molecule has 0 spiro atoms. The maximum atomic E-state index is 9.18. The maximum Gasteiger partial charge on any atom is 0.142 e. The van der Waals surface area contributed by atoms with E-state index in [2.05, 4.69) is 17.2 Å². The van der Waals surface area contributed by atoms with Gasteiger partial charge in [0.25, 0.3) is 0 Å². The van der Waals surface area contributed by atoms with Crippen molar-refractivity contribution >= 4 is 5.69 Å². The first-order valence-electron chi connectivity index (χ1n) is 6.39. The average molecular weight is 258 g/mol. The van der Waals surface area contributed by atoms with Crippen LogP contribution in [-0.4, -0.2) is 16.7 Å². The summed E-state index contributed by atoms with van der Waals surface area (Å²) in [5.74, 6) is 1.03. The molecule has 0 radical (unpaired) electrons. The van der Waals surface area contributed by atoms with Crippen LogP contribution >= 0.6 is 0 Å². The fourth-order valence-corrected chi connectivity index (χ4v) is 1.66. The number of aromatic nitrogens is 1. The van der Waals surface area contributed by atoms with Crippen molar-refractivity contribution in [3.63, 3.8) is 0 Å². The number of hydrogen-bond acceptors (Lipinski definition) is 4. The first-order chi connectivity index (χ1) is 9.29. The topological polar surface area (TPSA) is 54.4 Å². The van der Waals surface area contributed by atoms with E-state index in [1.807, 2.05) is 24.3 Å². The van der Waals surface area contributed by atoms with E-state index in [4.69, 9.17) is 4.74 Å². The van der Waals surface area contributed by atoms with Gasteiger partial charge in [-0.1, -0.05) is 19.1 Å². The van der Waals surface area contributed by atoms with Crippen molar-refractivity contribution in [3.8, 4) is 11.5 Å². The minimum atomic E-state index is 0.176. The van der Waals surface area contributed by atoms with E-state index in [1.165, 1.54) is 6.20 Å². The van der Waals surface area contributed by atoms with Crippen LogP contribution in [0.25, 0.3) is 0 Å². The Morgan fingerprint density at radius 3 is 2.79 bits per heavy atom. The quantitative estimate of drug-likeness (QED) is 0.835. The number of aromatic hydroxyl groups is 1. The molecular formula is C15H18N2O2. The van der Waals surface area contributed by atoms with Crippen molar-refractivity contribution in [2.75, 3.05) is 11.9 Å². The molecule has 2 rings (SSSR count). The third-order valence-electron chi connectivity index (χ3n) is 2.62. The summed E-state index contributed by atoms with van der Waals surface area (Å²) < 4.78 is 5.67. The Balaban J connectivity index is 2.00. The second-order valence-corrected chi connectivity index (χ2v) is 4.21. The van der Waals surface area contributed by atoms with Crippen LogP contribution < -0.4 is 10.1 Å². The molecule has 1 heterocycles. The summed E-state index contributed by atoms with van der Waals surface area (Å²) in [6.07, 6.45) is 2.42. The maximum absolute atomic E-state index is 9.18. The Kier molecular flexibility index (Phi) is 4.61. The van der Waals surface area contributed by atoms with Crippen LogP contribution in [0.3, 0.4) is 0 Å². The molecule has 4 nitrogen and oxygen atoms in total. The van der Waals surface area contributed by atoms with Crippen LogP contribution in [0.1, 0.15) is 19.0 Å². The van der Waals surface area contributed by atoms with Gasteiger partial charge in [0, 0.05) is 0 Å². The zero-order valence-corrected chi connectivity index (χ0v) is 11.0. The van der Waals surface area contributed by atoms with Crippen LogP contribution in [0.5, 0.6) is 11.5 Å². The van der Waals surface area contributed by atoms with Crippen LogP contribution in [0.4, 0.5) is 5.69 Å². The Labute approximate surface area is 113 Å². The molecule has 0 unspecified atom stereocenters. The lowest BCUT2D eigenvalue weighted by molar-refractivity contribution is 0.319. The zero-order chi connectivity index (χ0) is 13.5. The van der Waals surface area contributed by atoms with Gasteiger partial charge in [0.05, 0.1) is 30.7 Å². The SMILES string of the molecule is CCCOc1ccccc1NCc1ccc(O)cn1. The summed E-state index contributed by atoms with van der Waals surface area (Å²) in [6, 6.07) is 11.3. The minimum absolute atomic E-state index is 0.176. The summed E-state index contributed by atoms with van der Waals surface area (Å²) in [6.45, 7) is 3.37. The van der Waals surface area contributed by atoms with Crippen molar-refractivity contribution in [1.82, 2.24) is 4.98 Å². The summed E-state index contributed by atoms with van der Waals surface area (Å²) >= 11 is 0. The molecule has 0 atom stereocenters. The molecular weight excluding hydrogens is 240 g/mol. The van der Waals surface area contributed by atoms with Gasteiger partial charge < -0.3 is 15.2 Å². The third kappa shape index (κ3) is 3.88. The van der Waals surface area contributed by atoms with Crippen molar-refractivity contribution in [1.29, 1.82) is 0 Å². The van der Waals surface area contributed by atoms with Crippen molar-refractivity contribution in [2.45, 2.75) is 19.9 Å². The molecule has 0 aliphatic rings. The van der Waals surface area contributed by atoms with Gasteiger partial charge in [-0.05, 0) is 30.7 Å². The Hall–Kier alpha value is -2.23. The molecule has 4 heteroatoms. The number of ether oxygens (including phenoxy) is 1. The summed E-state index contributed by atoms with van der Waals surface area (Å²) in [5, 5.41) is 12.5. The average Bonchev–Trinajstić information content (AvgIpc) is 2.45. The van der Waals surface area contributed by atoms with Crippen molar-refractivity contribution in [3.05, 3.63) is 48.3 Å². The van der Waals surface area contributed by atoms with Gasteiger partial charge in [-0.15, -0.1) is 0 Å². The van der Waals surface area contributed by atoms with Crippen LogP contribution in [0.15, 0.2) is 42.6 Å². The number of nitrogens with zero attached hydrogens (tertiary/aromatic N) is 1. The van der Waals surface area contributed by atoms with E-state index in [1.54, 1.807) is 12.1 Å². The highest BCUT2D eigenvalue weighted by molar-refractivity contribution is 5.56. The number of rotatable bonds is 6. The van der Waals surface area contributed by atoms with Gasteiger partial charge in [-0.3, -0.25) is 4.98 Å². The Bertz CT molecular complexity index is 512. The first kappa shape index (κ1) is 13.2. The second-order valence-electron chi connectivity index (χ2n) is 4.21. The number of nitrogens with one attached hydrogen (secondary N) is 1. The Morgan fingerprint density at radius 1 is 1.21 bits per heavy atom. The highest BCUT2D eigenvalue weighted by Crippen LogP contribution is 2.24. The molecule has 2 N–H and O–H groups in total. The van der Waals surface area contributed by atoms with E-state index in [9.17, 15) is 5.11 Å². The molecule has 0 amide bonds. The van der Waals surface area contributed by atoms with Gasteiger partial charge in [-0.2, -0.15) is 0 Å². The Morgan fingerprint density at radius 2 is 2.05 bits per heavy atom. The molecule has 1 aromatic heterocycles. The van der Waals surface area contributed by atoms with E-state index in [0.717, 1.165) is 23.6 Å². The molecule has 0 bridgehead atoms. The highest BCUT2D eigenvalue weighted by Gasteiger charge is 2.02. The van der Waals surface area contributed by atoms with Crippen molar-refractivity contribution < 1.29 is 9.84 Å². The smallest absolute Gasteiger partial charge is 0.142 e. The number of pyridine rings is 1. The predicted octanol–water partition coefficient (Wildman–Crippen LogP) is 3.19. The molecule has 0 aliphatic heterocycles. The van der Waals surface area contributed by atoms with Gasteiger partial charge in [0.15, 0.2) is 0 Å². The predicted molar refractivity (Wildman–Crippen MR) is 75.5 cm³/mol. The molecule has 0 saturated heterocycles. The largest absolute Gasteiger partial charge is 0.506 e. The monoisotopic (exact) mass is 258 g/mol. The van der Waals surface area contributed by atoms with Crippen LogP contribution in [0.2, 0.25) is 0 Å². The number of para-hydroxylation sites is 2. The highest BCUT2D eigenvalue weighted by atomic mass is 16.5. The summed E-state index contributed by atoms with van der Waals surface area (Å²) in [7, 11) is 0. The number of hydrogen-bond donors (Lipinski definition) is 2. The van der Waals surface area contributed by atoms with Crippen molar-refractivity contribution in [2.24, 2.45) is 0 Å². The molecule has 0 fully saturated rings. The molecule has 100 valence electrons. The lowest BCUT2D eigenvalue weighted by Crippen LogP contribution is -2.04. The minimum Gasteiger partial charge on any atom is -0.506 e. The lowest BCUT2D eigenvalue weighted by atomic mass is 10.2. The second kappa shape index (κ2) is 6.64. The fraction of sp³-hybridized carbons (Fsp3) is 0.267. The molecule has 1 aromatic carbocycles. The molecule has 19 heavy (non-hydrogen) atoms. The van der Waals surface area contributed by atoms with E-state index >= 15 is 0 Å². The normalized spacial score (nSPS) is 10.2. The molecule has 0 saturated carbocycles. The summed E-state index contributed by atoms with van der Waals surface area (Å²) in [5.41, 5.74) is 1.81. The van der Waals surface area contributed by atoms with Gasteiger partial charge in [0.2, 0.25) is 0 Å². The first-order valence-corrected chi connectivity index (χ1v) is 6.39. The van der Waals surface area contributed by atoms with Gasteiger partial charge in [0.1, 0.15) is 11.5 Å². The molecule has 0 aliphatic carbocycles. The van der Waals surface area contributed by atoms with E-state index < -0.39 is 0 Å². The molecule has 2 aromatic rings. The van der Waals surface area contributed by atoms with Crippen LogP contribution in [-0.2, 0) is 6.54 Å². The fourth-order valence-electron chi connectivity index (χ4n) is 1.66. The van der Waals surface area contributed by atoms with E-state index in [0.29, 0.717) is 13.2 Å². The summed E-state index contributed by atoms with van der Waals surface area (Å²) in [4.78, 5) is 4.13. The number of benzene rings is 1. The third-order valence-corrected chi connectivity index (χ3v) is 2.62. The van der Waals surface area contributed by atoms with E-state index in [-0.39, 0.29) is 5.75 Å². The number of anilines is 1. The lowest BCUT2D eigenvalue weighted by Gasteiger charge is -2.12. The standard InChI is InChI=1S/C15H18N2O2/c1-2-9-19-15-6-4-3-5-14(15)17-10-12-7-8-13(18)11-16-12/h3-8,11,17-18H,2,9-10H2,1H3. The van der Waals surface area contributed by atoms with Gasteiger partial charge in [-0.25, -0.2) is 0 Å². The van der Waals surface area contributed by atoms with Gasteiger partial charge >= 0.3 is 0 Å². The zero-order valence-electron chi connectivity index (χ0n) is 11.0. The van der Waals surface area contributed by atoms with Crippen LogP contribution in [0, 0.1) is 0 Å².